The van der Waals surface area contributed by atoms with E-state index in [-0.39, 0.29) is 5.69 Å². The standard InChI is InChI=1S/C20H18ClN3O3/c1-25-11-10-23-20-18(12-22)24-19(27-20)15-4-8-17(9-5-15)26-13-14-2-6-16(21)7-3-14/h2-9,23H,10-11,13H2,1H3. The van der Waals surface area contributed by atoms with E-state index in [2.05, 4.69) is 10.3 Å². The van der Waals surface area contributed by atoms with E-state index in [0.717, 1.165) is 16.9 Å². The van der Waals surface area contributed by atoms with E-state index >= 15 is 0 Å². The molecule has 1 N–H and O–H groups in total. The summed E-state index contributed by atoms with van der Waals surface area (Å²) < 4.78 is 16.4. The van der Waals surface area contributed by atoms with Crippen molar-refractivity contribution in [3.63, 3.8) is 0 Å². The molecule has 138 valence electrons. The van der Waals surface area contributed by atoms with Gasteiger partial charge in [0.1, 0.15) is 18.4 Å². The number of aromatic nitrogens is 1. The molecule has 1 heterocycles. The molecule has 3 aromatic rings. The summed E-state index contributed by atoms with van der Waals surface area (Å²) in [5, 5.41) is 12.9. The monoisotopic (exact) mass is 383 g/mol. The maximum Gasteiger partial charge on any atom is 0.232 e. The van der Waals surface area contributed by atoms with Crippen LogP contribution in [0.1, 0.15) is 11.3 Å². The number of methoxy groups -OCH3 is 1. The number of benzene rings is 2. The van der Waals surface area contributed by atoms with Gasteiger partial charge in [-0.2, -0.15) is 10.2 Å². The molecule has 3 rings (SSSR count). The van der Waals surface area contributed by atoms with E-state index in [9.17, 15) is 5.26 Å². The Morgan fingerprint density at radius 3 is 2.56 bits per heavy atom. The zero-order valence-electron chi connectivity index (χ0n) is 14.7. The Kier molecular flexibility index (Phi) is 6.31. The minimum atomic E-state index is 0.212. The topological polar surface area (TPSA) is 80.3 Å². The van der Waals surface area contributed by atoms with Crippen LogP contribution >= 0.6 is 11.6 Å². The highest BCUT2D eigenvalue weighted by atomic mass is 35.5. The molecule has 6 nitrogen and oxygen atoms in total. The van der Waals surface area contributed by atoms with Crippen LogP contribution < -0.4 is 10.1 Å². The van der Waals surface area contributed by atoms with Gasteiger partial charge in [0.25, 0.3) is 0 Å². The fourth-order valence-electron chi connectivity index (χ4n) is 2.35. The second-order valence-electron chi connectivity index (χ2n) is 5.67. The molecule has 0 aliphatic rings. The summed E-state index contributed by atoms with van der Waals surface area (Å²) in [5.41, 5.74) is 2.00. The Morgan fingerprint density at radius 2 is 1.89 bits per heavy atom. The number of nitrogens with one attached hydrogen (secondary N) is 1. The first kappa shape index (κ1) is 18.8. The second-order valence-corrected chi connectivity index (χ2v) is 6.10. The van der Waals surface area contributed by atoms with E-state index in [1.165, 1.54) is 0 Å². The average Bonchev–Trinajstić information content (AvgIpc) is 3.11. The lowest BCUT2D eigenvalue weighted by molar-refractivity contribution is 0.210. The fraction of sp³-hybridized carbons (Fsp3) is 0.200. The molecule has 1 aromatic heterocycles. The Labute approximate surface area is 162 Å². The smallest absolute Gasteiger partial charge is 0.232 e. The number of ether oxygens (including phenoxy) is 2. The van der Waals surface area contributed by atoms with E-state index < -0.39 is 0 Å². The molecule has 0 saturated heterocycles. The van der Waals surface area contributed by atoms with Crippen LogP contribution in [0.2, 0.25) is 5.02 Å². The van der Waals surface area contributed by atoms with Crippen molar-refractivity contribution >= 4 is 17.5 Å². The molecule has 0 atom stereocenters. The molecule has 0 saturated carbocycles. The van der Waals surface area contributed by atoms with Gasteiger partial charge in [-0.25, -0.2) is 0 Å². The Morgan fingerprint density at radius 1 is 1.15 bits per heavy atom. The lowest BCUT2D eigenvalue weighted by Gasteiger charge is -2.07. The van der Waals surface area contributed by atoms with Gasteiger partial charge in [-0.1, -0.05) is 23.7 Å². The van der Waals surface area contributed by atoms with Crippen LogP contribution in [0.25, 0.3) is 11.5 Å². The predicted octanol–water partition coefficient (Wildman–Crippen LogP) is 4.50. The van der Waals surface area contributed by atoms with Gasteiger partial charge < -0.3 is 19.2 Å². The van der Waals surface area contributed by atoms with Gasteiger partial charge in [0.15, 0.2) is 0 Å². The largest absolute Gasteiger partial charge is 0.489 e. The van der Waals surface area contributed by atoms with Gasteiger partial charge in [0, 0.05) is 24.2 Å². The summed E-state index contributed by atoms with van der Waals surface area (Å²) >= 11 is 5.88. The van der Waals surface area contributed by atoms with Crippen LogP contribution in [-0.4, -0.2) is 25.2 Å². The van der Waals surface area contributed by atoms with Gasteiger partial charge in [0.05, 0.1) is 6.61 Å². The van der Waals surface area contributed by atoms with Crippen molar-refractivity contribution in [1.29, 1.82) is 5.26 Å². The molecule has 0 fully saturated rings. The fourth-order valence-corrected chi connectivity index (χ4v) is 2.47. The summed E-state index contributed by atoms with van der Waals surface area (Å²) in [6.07, 6.45) is 0. The third-order valence-electron chi connectivity index (χ3n) is 3.74. The predicted molar refractivity (Wildman–Crippen MR) is 103 cm³/mol. The number of hydrogen-bond donors (Lipinski definition) is 1. The molecule has 7 heteroatoms. The van der Waals surface area contributed by atoms with Gasteiger partial charge >= 0.3 is 0 Å². The van der Waals surface area contributed by atoms with Crippen LogP contribution in [0.4, 0.5) is 5.88 Å². The highest BCUT2D eigenvalue weighted by Gasteiger charge is 2.14. The maximum absolute atomic E-state index is 9.20. The van der Waals surface area contributed by atoms with Crippen LogP contribution in [-0.2, 0) is 11.3 Å². The van der Waals surface area contributed by atoms with E-state index in [1.807, 2.05) is 54.6 Å². The highest BCUT2D eigenvalue weighted by molar-refractivity contribution is 6.30. The molecule has 0 radical (unpaired) electrons. The van der Waals surface area contributed by atoms with Crippen LogP contribution in [0, 0.1) is 11.3 Å². The van der Waals surface area contributed by atoms with E-state index in [0.29, 0.717) is 36.6 Å². The zero-order valence-corrected chi connectivity index (χ0v) is 15.5. The molecule has 0 amide bonds. The Balaban J connectivity index is 1.66. The molecule has 0 bridgehead atoms. The minimum Gasteiger partial charge on any atom is -0.489 e. The van der Waals surface area contributed by atoms with Gasteiger partial charge in [-0.3, -0.25) is 0 Å². The zero-order chi connectivity index (χ0) is 19.1. The van der Waals surface area contributed by atoms with Crippen LogP contribution in [0.3, 0.4) is 0 Å². The molecule has 27 heavy (non-hydrogen) atoms. The molecule has 0 aliphatic carbocycles. The highest BCUT2D eigenvalue weighted by Crippen LogP contribution is 2.27. The average molecular weight is 384 g/mol. The number of oxazole rings is 1. The first-order valence-electron chi connectivity index (χ1n) is 8.31. The normalized spacial score (nSPS) is 10.4. The van der Waals surface area contributed by atoms with Crippen molar-refractivity contribution in [3.05, 3.63) is 64.8 Å². The summed E-state index contributed by atoms with van der Waals surface area (Å²) in [5.74, 6) is 1.43. The van der Waals surface area contributed by atoms with E-state index in [4.69, 9.17) is 25.5 Å². The van der Waals surface area contributed by atoms with Crippen LogP contribution in [0.5, 0.6) is 5.75 Å². The third kappa shape index (κ3) is 5.00. The molecular weight excluding hydrogens is 366 g/mol. The van der Waals surface area contributed by atoms with Gasteiger partial charge in [-0.05, 0) is 42.0 Å². The summed E-state index contributed by atoms with van der Waals surface area (Å²) in [6, 6.07) is 16.9. The van der Waals surface area contributed by atoms with Crippen molar-refractivity contribution in [2.75, 3.05) is 25.6 Å². The quantitative estimate of drug-likeness (QED) is 0.576. The molecule has 0 unspecified atom stereocenters. The molecule has 2 aromatic carbocycles. The minimum absolute atomic E-state index is 0.212. The number of nitriles is 1. The van der Waals surface area contributed by atoms with E-state index in [1.54, 1.807) is 7.11 Å². The molecular formula is C20H18ClN3O3. The van der Waals surface area contributed by atoms with Crippen molar-refractivity contribution in [2.45, 2.75) is 6.61 Å². The van der Waals surface area contributed by atoms with Gasteiger partial charge in [-0.15, -0.1) is 0 Å². The maximum atomic E-state index is 9.20. The lowest BCUT2D eigenvalue weighted by Crippen LogP contribution is -2.07. The molecule has 0 aliphatic heterocycles. The SMILES string of the molecule is COCCNc1oc(-c2ccc(OCc3ccc(Cl)cc3)cc2)nc1C#N. The first-order chi connectivity index (χ1) is 13.2. The number of hydrogen-bond acceptors (Lipinski definition) is 6. The van der Waals surface area contributed by atoms with Crippen molar-refractivity contribution in [3.8, 4) is 23.3 Å². The van der Waals surface area contributed by atoms with Gasteiger partial charge in [0.2, 0.25) is 17.5 Å². The number of halogens is 1. The van der Waals surface area contributed by atoms with Crippen molar-refractivity contribution in [1.82, 2.24) is 4.98 Å². The van der Waals surface area contributed by atoms with Crippen molar-refractivity contribution in [2.24, 2.45) is 0 Å². The summed E-state index contributed by atoms with van der Waals surface area (Å²) in [4.78, 5) is 4.22. The number of nitrogens with zero attached hydrogens (tertiary/aromatic N) is 2. The number of rotatable bonds is 8. The Bertz CT molecular complexity index is 915. The summed E-state index contributed by atoms with van der Waals surface area (Å²) in [7, 11) is 1.61. The summed E-state index contributed by atoms with van der Waals surface area (Å²) in [6.45, 7) is 1.47. The van der Waals surface area contributed by atoms with Crippen molar-refractivity contribution < 1.29 is 13.9 Å². The second kappa shape index (κ2) is 9.08. The molecule has 0 spiro atoms. The van der Waals surface area contributed by atoms with Crippen LogP contribution in [0.15, 0.2) is 52.9 Å². The first-order valence-corrected chi connectivity index (χ1v) is 8.69. The third-order valence-corrected chi connectivity index (χ3v) is 4.00. The Hall–Kier alpha value is -3.01. The lowest BCUT2D eigenvalue weighted by atomic mass is 10.2. The number of anilines is 1.